The number of hydrogen-bond donors (Lipinski definition) is 0. The summed E-state index contributed by atoms with van der Waals surface area (Å²) < 4.78 is 11.2. The molecule has 2 aromatic rings. The number of Topliss-reactive ketones (excluding diaryl/α,β-unsaturated/α-hetero) is 1. The first kappa shape index (κ1) is 14.1. The zero-order valence-electron chi connectivity index (χ0n) is 12.2. The maximum absolute atomic E-state index is 11.8. The number of carbonyl (C=O) groups excluding carboxylic acids is 1. The van der Waals surface area contributed by atoms with Crippen molar-refractivity contribution in [3.05, 3.63) is 53.1 Å². The molecule has 0 bridgehead atoms. The number of hydrogen-bond acceptors (Lipinski definition) is 3. The van der Waals surface area contributed by atoms with Gasteiger partial charge in [0.1, 0.15) is 22.8 Å². The number of rotatable bonds is 4. The van der Waals surface area contributed by atoms with E-state index >= 15 is 0 Å². The predicted molar refractivity (Wildman–Crippen MR) is 79.0 cm³/mol. The molecule has 0 spiro atoms. The summed E-state index contributed by atoms with van der Waals surface area (Å²) in [4.78, 5) is 11.8. The van der Waals surface area contributed by atoms with E-state index in [4.69, 9.17) is 9.47 Å². The molecule has 0 aromatic heterocycles. The van der Waals surface area contributed by atoms with Gasteiger partial charge in [-0.05, 0) is 50.1 Å². The molecule has 0 heterocycles. The van der Waals surface area contributed by atoms with E-state index in [9.17, 15) is 4.79 Å². The Morgan fingerprint density at radius 3 is 2.20 bits per heavy atom. The Hall–Kier alpha value is -2.29. The van der Waals surface area contributed by atoms with Crippen molar-refractivity contribution in [1.82, 2.24) is 0 Å². The van der Waals surface area contributed by atoms with Crippen LogP contribution in [0.1, 0.15) is 28.4 Å². The molecule has 0 saturated carbocycles. The van der Waals surface area contributed by atoms with Crippen molar-refractivity contribution in [3.8, 4) is 17.2 Å². The van der Waals surface area contributed by atoms with Crippen LogP contribution in [0.25, 0.3) is 0 Å². The van der Waals surface area contributed by atoms with Gasteiger partial charge < -0.3 is 9.47 Å². The lowest BCUT2D eigenvalue weighted by molar-refractivity contribution is 0.101. The molecule has 3 heteroatoms. The molecule has 20 heavy (non-hydrogen) atoms. The van der Waals surface area contributed by atoms with Gasteiger partial charge in [-0.25, -0.2) is 0 Å². The van der Waals surface area contributed by atoms with Gasteiger partial charge in [0, 0.05) is 0 Å². The van der Waals surface area contributed by atoms with Crippen molar-refractivity contribution < 1.29 is 14.3 Å². The van der Waals surface area contributed by atoms with E-state index in [1.54, 1.807) is 19.2 Å². The predicted octanol–water partition coefficient (Wildman–Crippen LogP) is 4.31. The summed E-state index contributed by atoms with van der Waals surface area (Å²) in [5.74, 6) is 1.72. The molecule has 3 nitrogen and oxygen atoms in total. The second-order valence-corrected chi connectivity index (χ2v) is 4.69. The van der Waals surface area contributed by atoms with E-state index in [0.29, 0.717) is 17.1 Å². The van der Waals surface area contributed by atoms with Crippen molar-refractivity contribution >= 4 is 5.78 Å². The highest BCUT2D eigenvalue weighted by Gasteiger charge is 2.16. The second kappa shape index (κ2) is 5.78. The summed E-state index contributed by atoms with van der Waals surface area (Å²) in [6.07, 6.45) is 0. The third kappa shape index (κ3) is 2.67. The van der Waals surface area contributed by atoms with Gasteiger partial charge in [-0.3, -0.25) is 4.79 Å². The maximum atomic E-state index is 11.8. The molecule has 0 N–H and O–H groups in total. The number of ether oxygens (including phenoxy) is 2. The molecule has 0 radical (unpaired) electrons. The van der Waals surface area contributed by atoms with E-state index in [-0.39, 0.29) is 5.78 Å². The molecule has 0 aliphatic heterocycles. The Bertz CT molecular complexity index is 645. The molecule has 0 saturated heterocycles. The Labute approximate surface area is 119 Å². The minimum Gasteiger partial charge on any atom is -0.496 e. The zero-order valence-corrected chi connectivity index (χ0v) is 12.2. The number of aryl methyl sites for hydroxylation is 1. The molecule has 0 aliphatic carbocycles. The normalized spacial score (nSPS) is 10.2. The van der Waals surface area contributed by atoms with Crippen LogP contribution in [0.2, 0.25) is 0 Å². The van der Waals surface area contributed by atoms with Crippen LogP contribution in [0.15, 0.2) is 36.4 Å². The fraction of sp³-hybridized carbons (Fsp3) is 0.235. The fourth-order valence-electron chi connectivity index (χ4n) is 2.07. The minimum atomic E-state index is -0.0808. The molecular formula is C17H18O3. The van der Waals surface area contributed by atoms with Crippen molar-refractivity contribution in [2.24, 2.45) is 0 Å². The summed E-state index contributed by atoms with van der Waals surface area (Å²) >= 11 is 0. The van der Waals surface area contributed by atoms with Crippen LogP contribution in [0.3, 0.4) is 0 Å². The van der Waals surface area contributed by atoms with Crippen LogP contribution in [-0.4, -0.2) is 12.9 Å². The van der Waals surface area contributed by atoms with Gasteiger partial charge in [-0.15, -0.1) is 0 Å². The van der Waals surface area contributed by atoms with Gasteiger partial charge in [-0.1, -0.05) is 18.2 Å². The van der Waals surface area contributed by atoms with Gasteiger partial charge >= 0.3 is 0 Å². The zero-order chi connectivity index (χ0) is 14.7. The SMILES string of the molecule is COc1cccc(Oc2cccc(C)c2C)c1C(C)=O. The van der Waals surface area contributed by atoms with Crippen LogP contribution >= 0.6 is 0 Å². The quantitative estimate of drug-likeness (QED) is 0.777. The summed E-state index contributed by atoms with van der Waals surface area (Å²) in [6.45, 7) is 5.53. The molecular weight excluding hydrogens is 252 g/mol. The third-order valence-electron chi connectivity index (χ3n) is 3.33. The Morgan fingerprint density at radius 1 is 0.950 bits per heavy atom. The van der Waals surface area contributed by atoms with Gasteiger partial charge in [0.2, 0.25) is 0 Å². The molecule has 0 amide bonds. The smallest absolute Gasteiger partial charge is 0.167 e. The highest BCUT2D eigenvalue weighted by molar-refractivity contribution is 5.99. The number of carbonyl (C=O) groups is 1. The lowest BCUT2D eigenvalue weighted by Gasteiger charge is -2.14. The first-order chi connectivity index (χ1) is 9.54. The Kier molecular flexibility index (Phi) is 4.08. The lowest BCUT2D eigenvalue weighted by atomic mass is 10.1. The van der Waals surface area contributed by atoms with E-state index in [2.05, 4.69) is 0 Å². The first-order valence-electron chi connectivity index (χ1n) is 6.46. The Morgan fingerprint density at radius 2 is 1.55 bits per heavy atom. The van der Waals surface area contributed by atoms with Crippen LogP contribution in [0, 0.1) is 13.8 Å². The van der Waals surface area contributed by atoms with Crippen LogP contribution in [0.4, 0.5) is 0 Å². The number of methoxy groups -OCH3 is 1. The first-order valence-corrected chi connectivity index (χ1v) is 6.46. The third-order valence-corrected chi connectivity index (χ3v) is 3.33. The number of benzene rings is 2. The molecule has 2 aromatic carbocycles. The minimum absolute atomic E-state index is 0.0808. The highest BCUT2D eigenvalue weighted by atomic mass is 16.5. The standard InChI is InChI=1S/C17H18O3/c1-11-7-5-8-14(12(11)2)20-16-10-6-9-15(19-4)17(16)13(3)18/h5-10H,1-4H3. The average molecular weight is 270 g/mol. The van der Waals surface area contributed by atoms with Crippen LogP contribution in [-0.2, 0) is 0 Å². The molecule has 0 aliphatic rings. The summed E-state index contributed by atoms with van der Waals surface area (Å²) in [5.41, 5.74) is 2.68. The monoisotopic (exact) mass is 270 g/mol. The van der Waals surface area contributed by atoms with Crippen molar-refractivity contribution in [2.45, 2.75) is 20.8 Å². The molecule has 0 unspecified atom stereocenters. The Balaban J connectivity index is 2.48. The van der Waals surface area contributed by atoms with Gasteiger partial charge in [0.15, 0.2) is 5.78 Å². The number of ketones is 1. The van der Waals surface area contributed by atoms with Crippen LogP contribution < -0.4 is 9.47 Å². The van der Waals surface area contributed by atoms with Gasteiger partial charge in [0.25, 0.3) is 0 Å². The molecule has 0 atom stereocenters. The molecule has 0 fully saturated rings. The topological polar surface area (TPSA) is 35.5 Å². The molecule has 104 valence electrons. The summed E-state index contributed by atoms with van der Waals surface area (Å²) in [7, 11) is 1.55. The second-order valence-electron chi connectivity index (χ2n) is 4.69. The molecule has 2 rings (SSSR count). The van der Waals surface area contributed by atoms with Crippen molar-refractivity contribution in [3.63, 3.8) is 0 Å². The average Bonchev–Trinajstić information content (AvgIpc) is 2.43. The van der Waals surface area contributed by atoms with E-state index < -0.39 is 0 Å². The largest absolute Gasteiger partial charge is 0.496 e. The highest BCUT2D eigenvalue weighted by Crippen LogP contribution is 2.34. The van der Waals surface area contributed by atoms with E-state index in [0.717, 1.165) is 16.9 Å². The fourth-order valence-corrected chi connectivity index (χ4v) is 2.07. The van der Waals surface area contributed by atoms with Gasteiger partial charge in [-0.2, -0.15) is 0 Å². The van der Waals surface area contributed by atoms with E-state index in [1.165, 1.54) is 6.92 Å². The van der Waals surface area contributed by atoms with Crippen molar-refractivity contribution in [1.29, 1.82) is 0 Å². The van der Waals surface area contributed by atoms with Gasteiger partial charge in [0.05, 0.1) is 7.11 Å². The maximum Gasteiger partial charge on any atom is 0.167 e. The lowest BCUT2D eigenvalue weighted by Crippen LogP contribution is -2.01. The van der Waals surface area contributed by atoms with Crippen LogP contribution in [0.5, 0.6) is 17.2 Å². The van der Waals surface area contributed by atoms with Crippen molar-refractivity contribution in [2.75, 3.05) is 7.11 Å². The summed E-state index contributed by atoms with van der Waals surface area (Å²) in [5, 5.41) is 0. The summed E-state index contributed by atoms with van der Waals surface area (Å²) in [6, 6.07) is 11.2. The van der Waals surface area contributed by atoms with E-state index in [1.807, 2.05) is 38.1 Å².